The van der Waals surface area contributed by atoms with Gasteiger partial charge >= 0.3 is 0 Å². The molecule has 0 saturated carbocycles. The molecule has 1 aromatic carbocycles. The van der Waals surface area contributed by atoms with Crippen LogP contribution in [0.2, 0.25) is 0 Å². The van der Waals surface area contributed by atoms with Crippen LogP contribution in [-0.2, 0) is 10.0 Å². The minimum Gasteiger partial charge on any atom is -0.497 e. The number of hydrogen-bond acceptors (Lipinski definition) is 3. The fourth-order valence-electron chi connectivity index (χ4n) is 1.18. The molecule has 1 N–H and O–H groups in total. The van der Waals surface area contributed by atoms with E-state index in [2.05, 4.69) is 4.72 Å². The van der Waals surface area contributed by atoms with Crippen LogP contribution >= 0.6 is 0 Å². The molecule has 1 atom stereocenters. The summed E-state index contributed by atoms with van der Waals surface area (Å²) in [7, 11) is -1.93. The minimum atomic E-state index is -3.43. The Bertz CT molecular complexity index is 442. The highest BCUT2D eigenvalue weighted by Gasteiger charge is 2.16. The minimum absolute atomic E-state index is 0.0730. The van der Waals surface area contributed by atoms with Gasteiger partial charge in [-0.3, -0.25) is 0 Å². The second-order valence-corrected chi connectivity index (χ2v) is 5.32. The van der Waals surface area contributed by atoms with Crippen molar-refractivity contribution in [1.29, 1.82) is 0 Å². The first-order chi connectivity index (χ1) is 7.49. The first kappa shape index (κ1) is 13.0. The number of nitrogens with one attached hydrogen (secondary N) is 1. The smallest absolute Gasteiger partial charge is 0.240 e. The van der Waals surface area contributed by atoms with Gasteiger partial charge in [0.25, 0.3) is 0 Å². The van der Waals surface area contributed by atoms with E-state index in [4.69, 9.17) is 4.74 Å². The molecule has 0 aliphatic heterocycles. The number of benzene rings is 1. The maximum absolute atomic E-state index is 11.9. The highest BCUT2D eigenvalue weighted by molar-refractivity contribution is 7.89. The van der Waals surface area contributed by atoms with Gasteiger partial charge in [0.2, 0.25) is 10.0 Å². The van der Waals surface area contributed by atoms with Crippen molar-refractivity contribution in [3.63, 3.8) is 0 Å². The molecule has 0 aromatic heterocycles. The Morgan fingerprint density at radius 1 is 1.44 bits per heavy atom. The normalized spacial score (nSPS) is 13.4. The van der Waals surface area contributed by atoms with Crippen LogP contribution in [0, 0.1) is 0 Å². The lowest BCUT2D eigenvalue weighted by Gasteiger charge is -2.12. The van der Waals surface area contributed by atoms with Gasteiger partial charge in [-0.15, -0.1) is 0 Å². The Balaban J connectivity index is 2.98. The summed E-state index contributed by atoms with van der Waals surface area (Å²) in [5.41, 5.74) is 0. The molecule has 0 amide bonds. The second-order valence-electron chi connectivity index (χ2n) is 3.61. The van der Waals surface area contributed by atoms with Crippen LogP contribution in [0.5, 0.6) is 5.75 Å². The summed E-state index contributed by atoms with van der Waals surface area (Å²) in [5.74, 6) is 0.534. The monoisotopic (exact) mass is 243 g/mol. The van der Waals surface area contributed by atoms with E-state index < -0.39 is 10.0 Å². The van der Waals surface area contributed by atoms with E-state index in [9.17, 15) is 8.42 Å². The molecular weight excluding hydrogens is 226 g/mol. The van der Waals surface area contributed by atoms with Crippen molar-refractivity contribution < 1.29 is 13.2 Å². The number of rotatable bonds is 5. The van der Waals surface area contributed by atoms with Gasteiger partial charge in [0, 0.05) is 12.1 Å². The largest absolute Gasteiger partial charge is 0.497 e. The Morgan fingerprint density at radius 2 is 2.12 bits per heavy atom. The average Bonchev–Trinajstić information content (AvgIpc) is 2.28. The molecular formula is C11H17NO3S. The zero-order chi connectivity index (χ0) is 12.2. The number of methoxy groups -OCH3 is 1. The van der Waals surface area contributed by atoms with E-state index in [-0.39, 0.29) is 10.9 Å². The maximum atomic E-state index is 11.9. The lowest BCUT2D eigenvalue weighted by atomic mass is 10.3. The first-order valence-electron chi connectivity index (χ1n) is 5.16. The van der Waals surface area contributed by atoms with Crippen LogP contribution in [0.25, 0.3) is 0 Å². The maximum Gasteiger partial charge on any atom is 0.240 e. The molecule has 0 radical (unpaired) electrons. The summed E-state index contributed by atoms with van der Waals surface area (Å²) in [6, 6.07) is 6.35. The molecule has 0 aliphatic carbocycles. The molecule has 1 aromatic rings. The third-order valence-electron chi connectivity index (χ3n) is 2.32. The Kier molecular flexibility index (Phi) is 4.32. The van der Waals surface area contributed by atoms with Crippen molar-refractivity contribution in [3.8, 4) is 5.75 Å². The lowest BCUT2D eigenvalue weighted by Crippen LogP contribution is -2.31. The van der Waals surface area contributed by atoms with Gasteiger partial charge in [0.15, 0.2) is 0 Å². The summed E-state index contributed by atoms with van der Waals surface area (Å²) in [4.78, 5) is 0.229. The number of ether oxygens (including phenoxy) is 1. The molecule has 1 unspecified atom stereocenters. The number of hydrogen-bond donors (Lipinski definition) is 1. The van der Waals surface area contributed by atoms with Crippen LogP contribution in [-0.4, -0.2) is 21.6 Å². The highest BCUT2D eigenvalue weighted by Crippen LogP contribution is 2.17. The van der Waals surface area contributed by atoms with Gasteiger partial charge in [0.1, 0.15) is 5.75 Å². The van der Waals surface area contributed by atoms with Crippen LogP contribution in [0.4, 0.5) is 0 Å². The molecule has 0 spiro atoms. The van der Waals surface area contributed by atoms with Crippen LogP contribution in [0.1, 0.15) is 20.3 Å². The summed E-state index contributed by atoms with van der Waals surface area (Å²) in [6.45, 7) is 3.76. The first-order valence-corrected chi connectivity index (χ1v) is 6.64. The average molecular weight is 243 g/mol. The van der Waals surface area contributed by atoms with Crippen molar-refractivity contribution in [1.82, 2.24) is 4.72 Å². The molecule has 0 bridgehead atoms. The van der Waals surface area contributed by atoms with Crippen LogP contribution in [0.3, 0.4) is 0 Å². The van der Waals surface area contributed by atoms with Gasteiger partial charge < -0.3 is 4.74 Å². The lowest BCUT2D eigenvalue weighted by molar-refractivity contribution is 0.413. The van der Waals surface area contributed by atoms with E-state index >= 15 is 0 Å². The zero-order valence-corrected chi connectivity index (χ0v) is 10.5. The topological polar surface area (TPSA) is 55.4 Å². The third-order valence-corrected chi connectivity index (χ3v) is 3.91. The van der Waals surface area contributed by atoms with E-state index in [1.807, 2.05) is 13.8 Å². The summed E-state index contributed by atoms with van der Waals surface area (Å²) in [6.07, 6.45) is 0.753. The highest BCUT2D eigenvalue weighted by atomic mass is 32.2. The number of sulfonamides is 1. The quantitative estimate of drug-likeness (QED) is 0.857. The van der Waals surface area contributed by atoms with E-state index in [1.54, 1.807) is 18.2 Å². The van der Waals surface area contributed by atoms with Crippen molar-refractivity contribution >= 4 is 10.0 Å². The van der Waals surface area contributed by atoms with Crippen LogP contribution < -0.4 is 9.46 Å². The van der Waals surface area contributed by atoms with E-state index in [1.165, 1.54) is 13.2 Å². The molecule has 90 valence electrons. The van der Waals surface area contributed by atoms with E-state index in [0.717, 1.165) is 6.42 Å². The molecule has 5 heteroatoms. The summed E-state index contributed by atoms with van der Waals surface area (Å²) >= 11 is 0. The molecule has 0 heterocycles. The fourth-order valence-corrected chi connectivity index (χ4v) is 2.55. The van der Waals surface area contributed by atoms with Crippen LogP contribution in [0.15, 0.2) is 29.2 Å². The SMILES string of the molecule is CCC(C)NS(=O)(=O)c1cccc(OC)c1. The van der Waals surface area contributed by atoms with Crippen molar-refractivity contribution in [3.05, 3.63) is 24.3 Å². The summed E-state index contributed by atoms with van der Waals surface area (Å²) < 4.78 is 31.4. The molecule has 1 rings (SSSR count). The van der Waals surface area contributed by atoms with Crippen molar-refractivity contribution in [2.75, 3.05) is 7.11 Å². The molecule has 0 saturated heterocycles. The fraction of sp³-hybridized carbons (Fsp3) is 0.455. The Morgan fingerprint density at radius 3 is 2.69 bits per heavy atom. The third kappa shape index (κ3) is 3.21. The van der Waals surface area contributed by atoms with Crippen molar-refractivity contribution in [2.45, 2.75) is 31.2 Å². The predicted molar refractivity (Wildman–Crippen MR) is 63.1 cm³/mol. The molecule has 0 fully saturated rings. The summed E-state index contributed by atoms with van der Waals surface area (Å²) in [5, 5.41) is 0. The Labute approximate surface area is 96.7 Å². The molecule has 0 aliphatic rings. The van der Waals surface area contributed by atoms with Gasteiger partial charge in [0.05, 0.1) is 12.0 Å². The van der Waals surface area contributed by atoms with Gasteiger partial charge in [-0.05, 0) is 25.5 Å². The Hall–Kier alpha value is -1.07. The molecule has 16 heavy (non-hydrogen) atoms. The van der Waals surface area contributed by atoms with Gasteiger partial charge in [-0.25, -0.2) is 13.1 Å². The molecule has 4 nitrogen and oxygen atoms in total. The standard InChI is InChI=1S/C11H17NO3S/c1-4-9(2)12-16(13,14)11-7-5-6-10(8-11)15-3/h5-9,12H,4H2,1-3H3. The second kappa shape index (κ2) is 5.32. The van der Waals surface area contributed by atoms with Crippen molar-refractivity contribution in [2.24, 2.45) is 0 Å². The van der Waals surface area contributed by atoms with Gasteiger partial charge in [-0.2, -0.15) is 0 Å². The zero-order valence-electron chi connectivity index (χ0n) is 9.73. The predicted octanol–water partition coefficient (Wildman–Crippen LogP) is 1.77. The van der Waals surface area contributed by atoms with E-state index in [0.29, 0.717) is 5.75 Å². The van der Waals surface area contributed by atoms with Gasteiger partial charge in [-0.1, -0.05) is 13.0 Å².